The van der Waals surface area contributed by atoms with Crippen LogP contribution in [0.5, 0.6) is 0 Å². The number of alkyl halides is 4. The van der Waals surface area contributed by atoms with Gasteiger partial charge < -0.3 is 15.3 Å². The molecular formula is C10H16F4N2O3. The van der Waals surface area contributed by atoms with Crippen LogP contribution in [0.2, 0.25) is 0 Å². The molecule has 19 heavy (non-hydrogen) atoms. The molecule has 0 saturated heterocycles. The van der Waals surface area contributed by atoms with Crippen molar-refractivity contribution in [3.8, 4) is 0 Å². The largest absolute Gasteiger partial charge is 0.480 e. The van der Waals surface area contributed by atoms with Crippen LogP contribution in [0.1, 0.15) is 20.8 Å². The quantitative estimate of drug-likeness (QED) is 0.732. The lowest BCUT2D eigenvalue weighted by molar-refractivity contribution is -0.147. The first-order valence-electron chi connectivity index (χ1n) is 5.41. The molecule has 0 atom stereocenters. The number of amides is 2. The first kappa shape index (κ1) is 17.5. The predicted octanol–water partition coefficient (Wildman–Crippen LogP) is 1.78. The van der Waals surface area contributed by atoms with Gasteiger partial charge in [0.25, 0.3) is 0 Å². The molecule has 0 aliphatic carbocycles. The summed E-state index contributed by atoms with van der Waals surface area (Å²) in [6, 6.07) is -1.14. The smallest absolute Gasteiger partial charge is 0.329 e. The van der Waals surface area contributed by atoms with Crippen molar-refractivity contribution in [2.45, 2.75) is 38.7 Å². The Morgan fingerprint density at radius 3 is 2.11 bits per heavy atom. The van der Waals surface area contributed by atoms with Crippen molar-refractivity contribution < 1.29 is 32.3 Å². The van der Waals surface area contributed by atoms with Crippen molar-refractivity contribution in [2.75, 3.05) is 13.1 Å². The lowest BCUT2D eigenvalue weighted by Crippen LogP contribution is -2.57. The monoisotopic (exact) mass is 288 g/mol. The van der Waals surface area contributed by atoms with E-state index >= 15 is 0 Å². The molecule has 0 aromatic rings. The highest BCUT2D eigenvalue weighted by Crippen LogP contribution is 2.22. The van der Waals surface area contributed by atoms with Crippen molar-refractivity contribution in [3.05, 3.63) is 0 Å². The molecule has 2 amide bonds. The number of nitrogens with zero attached hydrogens (tertiary/aromatic N) is 1. The van der Waals surface area contributed by atoms with Crippen LogP contribution < -0.4 is 5.32 Å². The normalized spacial score (nSPS) is 12.4. The molecule has 112 valence electrons. The number of aliphatic carboxylic acids is 1. The fourth-order valence-corrected chi connectivity index (χ4v) is 1.27. The van der Waals surface area contributed by atoms with E-state index in [1.807, 2.05) is 0 Å². The van der Waals surface area contributed by atoms with E-state index in [1.54, 1.807) is 5.32 Å². The van der Waals surface area contributed by atoms with Gasteiger partial charge >= 0.3 is 24.3 Å². The Labute approximate surface area is 107 Å². The zero-order chi connectivity index (χ0) is 15.4. The van der Waals surface area contributed by atoms with E-state index in [4.69, 9.17) is 5.11 Å². The summed E-state index contributed by atoms with van der Waals surface area (Å²) in [5.41, 5.74) is -1.64. The molecule has 9 heteroatoms. The molecule has 0 unspecified atom stereocenters. The highest BCUT2D eigenvalue weighted by molar-refractivity contribution is 5.85. The van der Waals surface area contributed by atoms with E-state index in [0.717, 1.165) is 4.90 Å². The number of carboxylic acids is 1. The van der Waals surface area contributed by atoms with Gasteiger partial charge in [-0.25, -0.2) is 18.4 Å². The Balaban J connectivity index is 4.77. The van der Waals surface area contributed by atoms with E-state index in [0.29, 0.717) is 0 Å². The molecule has 0 rings (SSSR count). The summed E-state index contributed by atoms with van der Waals surface area (Å²) in [4.78, 5) is 23.3. The van der Waals surface area contributed by atoms with Gasteiger partial charge in [0.2, 0.25) is 0 Å². The van der Waals surface area contributed by atoms with E-state index in [2.05, 4.69) is 0 Å². The minimum Gasteiger partial charge on any atom is -0.480 e. The average Bonchev–Trinajstić information content (AvgIpc) is 2.26. The number of urea groups is 1. The second-order valence-electron chi connectivity index (χ2n) is 4.33. The number of carbonyl (C=O) groups excluding carboxylic acids is 1. The van der Waals surface area contributed by atoms with Gasteiger partial charge in [0, 0.05) is 6.54 Å². The van der Waals surface area contributed by atoms with Crippen molar-refractivity contribution in [3.63, 3.8) is 0 Å². The SMILES string of the molecule is CCN(C(=O)NCC(F)(F)C(F)F)C(C)(C)C(=O)O. The van der Waals surface area contributed by atoms with Crippen LogP contribution in [-0.4, -0.2) is 53.0 Å². The number of rotatable bonds is 6. The van der Waals surface area contributed by atoms with Crippen molar-refractivity contribution >= 4 is 12.0 Å². The lowest BCUT2D eigenvalue weighted by atomic mass is 10.0. The number of hydrogen-bond donors (Lipinski definition) is 2. The first-order valence-corrected chi connectivity index (χ1v) is 5.41. The van der Waals surface area contributed by atoms with Gasteiger partial charge in [0.15, 0.2) is 0 Å². The number of halogens is 4. The molecule has 5 nitrogen and oxygen atoms in total. The summed E-state index contributed by atoms with van der Waals surface area (Å²) >= 11 is 0. The lowest BCUT2D eigenvalue weighted by Gasteiger charge is -2.34. The van der Waals surface area contributed by atoms with Crippen LogP contribution in [0.4, 0.5) is 22.4 Å². The molecule has 0 aromatic heterocycles. The number of likely N-dealkylation sites (N-methyl/N-ethyl adjacent to an activating group) is 1. The van der Waals surface area contributed by atoms with Gasteiger partial charge in [-0.1, -0.05) is 0 Å². The first-order chi connectivity index (χ1) is 8.46. The minimum atomic E-state index is -4.36. The number of hydrogen-bond acceptors (Lipinski definition) is 2. The zero-order valence-corrected chi connectivity index (χ0v) is 10.7. The summed E-state index contributed by atoms with van der Waals surface area (Å²) < 4.78 is 49.1. The Kier molecular flexibility index (Phi) is 5.58. The third-order valence-corrected chi connectivity index (χ3v) is 2.55. The molecule has 0 radical (unpaired) electrons. The van der Waals surface area contributed by atoms with E-state index in [-0.39, 0.29) is 6.54 Å². The third-order valence-electron chi connectivity index (χ3n) is 2.55. The van der Waals surface area contributed by atoms with Gasteiger partial charge in [0.1, 0.15) is 5.54 Å². The summed E-state index contributed by atoms with van der Waals surface area (Å²) in [6.07, 6.45) is -3.91. The van der Waals surface area contributed by atoms with Gasteiger partial charge in [0.05, 0.1) is 6.54 Å². The van der Waals surface area contributed by atoms with Crippen LogP contribution in [0.25, 0.3) is 0 Å². The van der Waals surface area contributed by atoms with Crippen LogP contribution in [-0.2, 0) is 4.79 Å². The second-order valence-corrected chi connectivity index (χ2v) is 4.33. The summed E-state index contributed by atoms with van der Waals surface area (Å²) in [6.45, 7) is 2.20. The van der Waals surface area contributed by atoms with Crippen molar-refractivity contribution in [2.24, 2.45) is 0 Å². The maximum absolute atomic E-state index is 12.6. The maximum atomic E-state index is 12.6. The molecular weight excluding hydrogens is 272 g/mol. The molecule has 0 heterocycles. The van der Waals surface area contributed by atoms with Gasteiger partial charge in [-0.3, -0.25) is 0 Å². The van der Waals surface area contributed by atoms with Crippen molar-refractivity contribution in [1.82, 2.24) is 10.2 Å². The summed E-state index contributed by atoms with van der Waals surface area (Å²) in [5.74, 6) is -5.70. The summed E-state index contributed by atoms with van der Waals surface area (Å²) in [7, 11) is 0. The van der Waals surface area contributed by atoms with Crippen LogP contribution in [0, 0.1) is 0 Å². The van der Waals surface area contributed by atoms with Crippen LogP contribution in [0.15, 0.2) is 0 Å². The van der Waals surface area contributed by atoms with Crippen LogP contribution >= 0.6 is 0 Å². The Hall–Kier alpha value is -1.54. The molecule has 0 bridgehead atoms. The van der Waals surface area contributed by atoms with E-state index in [9.17, 15) is 27.2 Å². The molecule has 0 saturated carbocycles. The number of carbonyl (C=O) groups is 2. The Morgan fingerprint density at radius 1 is 1.32 bits per heavy atom. The summed E-state index contributed by atoms with van der Waals surface area (Å²) in [5, 5.41) is 10.5. The Bertz CT molecular complexity index is 348. The highest BCUT2D eigenvalue weighted by atomic mass is 19.3. The van der Waals surface area contributed by atoms with Crippen LogP contribution in [0.3, 0.4) is 0 Å². The van der Waals surface area contributed by atoms with Gasteiger partial charge in [-0.2, -0.15) is 8.78 Å². The van der Waals surface area contributed by atoms with Crippen molar-refractivity contribution in [1.29, 1.82) is 0 Å². The molecule has 2 N–H and O–H groups in total. The number of nitrogens with one attached hydrogen (secondary N) is 1. The molecule has 0 spiro atoms. The maximum Gasteiger partial charge on any atom is 0.329 e. The predicted molar refractivity (Wildman–Crippen MR) is 58.4 cm³/mol. The van der Waals surface area contributed by atoms with E-state index < -0.39 is 36.4 Å². The van der Waals surface area contributed by atoms with Gasteiger partial charge in [-0.05, 0) is 20.8 Å². The molecule has 0 aromatic carbocycles. The zero-order valence-electron chi connectivity index (χ0n) is 10.7. The second kappa shape index (κ2) is 6.07. The third kappa shape index (κ3) is 4.25. The van der Waals surface area contributed by atoms with E-state index in [1.165, 1.54) is 20.8 Å². The minimum absolute atomic E-state index is 0.0780. The number of carboxylic acid groups (broad SMARTS) is 1. The average molecular weight is 288 g/mol. The molecule has 0 fully saturated rings. The molecule has 0 aliphatic heterocycles. The highest BCUT2D eigenvalue weighted by Gasteiger charge is 2.42. The molecule has 0 aliphatic rings. The fraction of sp³-hybridized carbons (Fsp3) is 0.800. The fourth-order valence-electron chi connectivity index (χ4n) is 1.27. The standard InChI is InChI=1S/C10H16F4N2O3/c1-4-16(9(2,3)7(17)18)8(19)15-5-10(13,14)6(11)12/h6H,4-5H2,1-3H3,(H,15,19)(H,17,18). The van der Waals surface area contributed by atoms with Gasteiger partial charge in [-0.15, -0.1) is 0 Å². The topological polar surface area (TPSA) is 69.6 Å². The Morgan fingerprint density at radius 2 is 1.79 bits per heavy atom.